The van der Waals surface area contributed by atoms with Crippen molar-refractivity contribution in [1.29, 1.82) is 0 Å². The van der Waals surface area contributed by atoms with Gasteiger partial charge in [0.05, 0.1) is 0 Å². The maximum Gasteiger partial charge on any atom is 0.407 e. The second-order valence-electron chi connectivity index (χ2n) is 6.98. The smallest absolute Gasteiger partial charge is 0.407 e. The summed E-state index contributed by atoms with van der Waals surface area (Å²) in [6.07, 6.45) is 2.50. The predicted molar refractivity (Wildman–Crippen MR) is 87.7 cm³/mol. The van der Waals surface area contributed by atoms with Crippen molar-refractivity contribution in [3.63, 3.8) is 0 Å². The van der Waals surface area contributed by atoms with Crippen LogP contribution >= 0.6 is 0 Å². The third-order valence-corrected chi connectivity index (χ3v) is 4.71. The number of carbonyl (C=O) groups excluding carboxylic acids is 2. The zero-order valence-corrected chi connectivity index (χ0v) is 15.3. The molecule has 1 atom stereocenters. The summed E-state index contributed by atoms with van der Waals surface area (Å²) in [5, 5.41) is 1.45. The molecule has 9 heteroatoms. The summed E-state index contributed by atoms with van der Waals surface area (Å²) < 4.78 is 39.6. The third-order valence-electron chi connectivity index (χ3n) is 3.60. The van der Waals surface area contributed by atoms with Gasteiger partial charge in [0.2, 0.25) is 5.91 Å². The number of likely N-dealkylation sites (tertiary alicyclic amines) is 1. The Morgan fingerprint density at radius 2 is 1.92 bits per heavy atom. The second kappa shape index (κ2) is 8.64. The van der Waals surface area contributed by atoms with E-state index in [2.05, 4.69) is 5.32 Å². The monoisotopic (exact) mass is 366 g/mol. The minimum atomic E-state index is -4.65. The van der Waals surface area contributed by atoms with Crippen LogP contribution in [0, 0.1) is 0 Å². The number of hydrogen-bond acceptors (Lipinski definition) is 5. The van der Waals surface area contributed by atoms with E-state index in [0.29, 0.717) is 13.1 Å². The summed E-state index contributed by atoms with van der Waals surface area (Å²) in [4.78, 5) is 24.4. The van der Waals surface area contributed by atoms with Crippen molar-refractivity contribution in [2.24, 2.45) is 0 Å². The van der Waals surface area contributed by atoms with Crippen LogP contribution in [0.3, 0.4) is 0 Å². The standard InChI is InChI=1S/C15H27FN2O5S/c1-15(2,3)23-14(20)17-8-6-4-5-7-9-18-11-12(10-13(18)19)24(16,21)22/h12H,4-11H2,1-3H3,(H,17,20). The molecule has 0 aliphatic carbocycles. The van der Waals surface area contributed by atoms with E-state index in [9.17, 15) is 21.9 Å². The molecular formula is C15H27FN2O5S. The predicted octanol–water partition coefficient (Wildman–Crippen LogP) is 1.97. The summed E-state index contributed by atoms with van der Waals surface area (Å²) in [5.74, 6) is -0.312. The first-order chi connectivity index (χ1) is 11.0. The lowest BCUT2D eigenvalue weighted by atomic mass is 10.2. The van der Waals surface area contributed by atoms with Gasteiger partial charge >= 0.3 is 16.3 Å². The molecule has 0 saturated carbocycles. The van der Waals surface area contributed by atoms with E-state index in [1.165, 1.54) is 4.90 Å². The Labute approximate surface area is 143 Å². The fraction of sp³-hybridized carbons (Fsp3) is 0.867. The van der Waals surface area contributed by atoms with Gasteiger partial charge in [0.25, 0.3) is 0 Å². The molecule has 0 aromatic heterocycles. The first kappa shape index (κ1) is 20.7. The van der Waals surface area contributed by atoms with Crippen molar-refractivity contribution in [3.8, 4) is 0 Å². The molecule has 1 fully saturated rings. The molecule has 0 bridgehead atoms. The van der Waals surface area contributed by atoms with E-state index in [4.69, 9.17) is 4.74 Å². The molecule has 0 aromatic carbocycles. The Balaban J connectivity index is 2.09. The van der Waals surface area contributed by atoms with Crippen LogP contribution in [-0.2, 0) is 19.8 Å². The van der Waals surface area contributed by atoms with Gasteiger partial charge in [-0.1, -0.05) is 12.8 Å². The Morgan fingerprint density at radius 1 is 1.29 bits per heavy atom. The number of alkyl carbamates (subject to hydrolysis) is 1. The van der Waals surface area contributed by atoms with Crippen LogP contribution in [0.5, 0.6) is 0 Å². The fourth-order valence-corrected chi connectivity index (χ4v) is 3.13. The molecular weight excluding hydrogens is 339 g/mol. The van der Waals surface area contributed by atoms with Gasteiger partial charge in [-0.3, -0.25) is 4.79 Å². The average Bonchev–Trinajstić information content (AvgIpc) is 2.77. The van der Waals surface area contributed by atoms with Crippen LogP contribution < -0.4 is 5.32 Å². The normalized spacial score (nSPS) is 18.8. The first-order valence-corrected chi connectivity index (χ1v) is 9.62. The molecule has 1 saturated heterocycles. The maximum absolute atomic E-state index is 12.9. The van der Waals surface area contributed by atoms with Gasteiger partial charge in [-0.2, -0.15) is 8.42 Å². The zero-order valence-electron chi connectivity index (χ0n) is 14.5. The molecule has 1 unspecified atom stereocenters. The van der Waals surface area contributed by atoms with Crippen molar-refractivity contribution < 1.29 is 26.6 Å². The summed E-state index contributed by atoms with van der Waals surface area (Å²) in [6.45, 7) is 6.28. The Morgan fingerprint density at radius 3 is 2.46 bits per heavy atom. The third kappa shape index (κ3) is 7.94. The van der Waals surface area contributed by atoms with Crippen LogP contribution in [0.15, 0.2) is 0 Å². The molecule has 1 rings (SSSR count). The van der Waals surface area contributed by atoms with Crippen molar-refractivity contribution in [3.05, 3.63) is 0 Å². The lowest BCUT2D eigenvalue weighted by Crippen LogP contribution is -2.33. The number of amides is 2. The van der Waals surface area contributed by atoms with Crippen molar-refractivity contribution in [1.82, 2.24) is 10.2 Å². The largest absolute Gasteiger partial charge is 0.444 e. The van der Waals surface area contributed by atoms with E-state index >= 15 is 0 Å². The molecule has 7 nitrogen and oxygen atoms in total. The van der Waals surface area contributed by atoms with Gasteiger partial charge < -0.3 is 15.0 Å². The summed E-state index contributed by atoms with van der Waals surface area (Å²) >= 11 is 0. The molecule has 2 amide bonds. The molecule has 1 heterocycles. The van der Waals surface area contributed by atoms with E-state index in [0.717, 1.165) is 25.7 Å². The van der Waals surface area contributed by atoms with E-state index in [-0.39, 0.29) is 18.9 Å². The average molecular weight is 366 g/mol. The van der Waals surface area contributed by atoms with Gasteiger partial charge in [-0.25, -0.2) is 4.79 Å². The van der Waals surface area contributed by atoms with Crippen molar-refractivity contribution >= 4 is 22.2 Å². The fourth-order valence-electron chi connectivity index (χ4n) is 2.43. The van der Waals surface area contributed by atoms with Crippen molar-refractivity contribution in [2.75, 3.05) is 19.6 Å². The number of hydrogen-bond donors (Lipinski definition) is 1. The van der Waals surface area contributed by atoms with E-state index in [1.54, 1.807) is 20.8 Å². The number of carbonyl (C=O) groups is 2. The van der Waals surface area contributed by atoms with Crippen LogP contribution in [0.25, 0.3) is 0 Å². The maximum atomic E-state index is 12.9. The highest BCUT2D eigenvalue weighted by molar-refractivity contribution is 7.87. The number of nitrogens with one attached hydrogen (secondary N) is 1. The number of halogens is 1. The van der Waals surface area contributed by atoms with Gasteiger partial charge in [0.15, 0.2) is 0 Å². The lowest BCUT2D eigenvalue weighted by Gasteiger charge is -2.19. The van der Waals surface area contributed by atoms with E-state index < -0.39 is 27.2 Å². The highest BCUT2D eigenvalue weighted by Crippen LogP contribution is 2.20. The molecule has 0 radical (unpaired) electrons. The van der Waals surface area contributed by atoms with Gasteiger partial charge in [0.1, 0.15) is 10.9 Å². The van der Waals surface area contributed by atoms with Crippen LogP contribution in [0.1, 0.15) is 52.9 Å². The second-order valence-corrected chi connectivity index (χ2v) is 8.60. The molecule has 0 aromatic rings. The minimum absolute atomic E-state index is 0.0577. The Kier molecular flexibility index (Phi) is 7.44. The molecule has 140 valence electrons. The number of unbranched alkanes of at least 4 members (excludes halogenated alkanes) is 3. The van der Waals surface area contributed by atoms with Gasteiger partial charge in [-0.05, 0) is 33.6 Å². The summed E-state index contributed by atoms with van der Waals surface area (Å²) in [7, 11) is -4.65. The molecule has 24 heavy (non-hydrogen) atoms. The first-order valence-electron chi connectivity index (χ1n) is 8.17. The summed E-state index contributed by atoms with van der Waals surface area (Å²) in [5.41, 5.74) is -0.517. The van der Waals surface area contributed by atoms with E-state index in [1.807, 2.05) is 0 Å². The van der Waals surface area contributed by atoms with Crippen LogP contribution in [-0.4, -0.2) is 55.8 Å². The highest BCUT2D eigenvalue weighted by Gasteiger charge is 2.37. The Hall–Kier alpha value is -1.38. The molecule has 1 N–H and O–H groups in total. The molecule has 1 aliphatic heterocycles. The number of nitrogens with zero attached hydrogens (tertiary/aromatic N) is 1. The minimum Gasteiger partial charge on any atom is -0.444 e. The Bertz CT molecular complexity index is 545. The van der Waals surface area contributed by atoms with Gasteiger partial charge in [-0.15, -0.1) is 3.89 Å². The number of rotatable bonds is 8. The molecule has 0 spiro atoms. The van der Waals surface area contributed by atoms with Crippen molar-refractivity contribution in [2.45, 2.75) is 63.7 Å². The van der Waals surface area contributed by atoms with Crippen LogP contribution in [0.4, 0.5) is 8.68 Å². The SMILES string of the molecule is CC(C)(C)OC(=O)NCCCCCCN1CC(S(=O)(=O)F)CC1=O. The highest BCUT2D eigenvalue weighted by atomic mass is 32.3. The van der Waals surface area contributed by atoms with Gasteiger partial charge in [0, 0.05) is 26.1 Å². The topological polar surface area (TPSA) is 92.8 Å². The zero-order chi connectivity index (χ0) is 18.4. The lowest BCUT2D eigenvalue weighted by molar-refractivity contribution is -0.127. The van der Waals surface area contributed by atoms with Crippen LogP contribution in [0.2, 0.25) is 0 Å². The quantitative estimate of drug-likeness (QED) is 0.524. The molecule has 1 aliphatic rings. The number of ether oxygens (including phenoxy) is 1. The summed E-state index contributed by atoms with van der Waals surface area (Å²) in [6, 6.07) is 0.